The Labute approximate surface area is 145 Å². The van der Waals surface area contributed by atoms with E-state index in [1.807, 2.05) is 24.3 Å². The zero-order valence-corrected chi connectivity index (χ0v) is 13.9. The smallest absolute Gasteiger partial charge is 0.227 e. The number of nitrogens with zero attached hydrogens (tertiary/aromatic N) is 1. The number of anilines is 1. The summed E-state index contributed by atoms with van der Waals surface area (Å²) in [6, 6.07) is 13.5. The molecule has 3 rings (SSSR count). The van der Waals surface area contributed by atoms with Crippen molar-refractivity contribution in [1.82, 2.24) is 5.32 Å². The number of rotatable bonds is 5. The molecule has 0 aromatic heterocycles. The van der Waals surface area contributed by atoms with Crippen LogP contribution in [0.3, 0.4) is 0 Å². The van der Waals surface area contributed by atoms with Gasteiger partial charge in [-0.25, -0.2) is 4.39 Å². The fraction of sp³-hybridized carbons (Fsp3) is 0.263. The van der Waals surface area contributed by atoms with Crippen LogP contribution in [0.4, 0.5) is 10.1 Å². The molecular formula is C19H19FN2O3. The molecule has 1 saturated heterocycles. The molecule has 5 nitrogen and oxygen atoms in total. The van der Waals surface area contributed by atoms with E-state index in [9.17, 15) is 14.0 Å². The van der Waals surface area contributed by atoms with Crippen LogP contribution in [0, 0.1) is 11.7 Å². The molecule has 1 atom stereocenters. The summed E-state index contributed by atoms with van der Waals surface area (Å²) in [7, 11) is 1.58. The van der Waals surface area contributed by atoms with Gasteiger partial charge in [0.25, 0.3) is 0 Å². The fourth-order valence-electron chi connectivity index (χ4n) is 2.90. The van der Waals surface area contributed by atoms with Crippen LogP contribution in [-0.4, -0.2) is 25.5 Å². The topological polar surface area (TPSA) is 58.6 Å². The molecule has 0 saturated carbocycles. The number of hydrogen-bond donors (Lipinski definition) is 1. The van der Waals surface area contributed by atoms with Crippen molar-refractivity contribution < 1.29 is 18.7 Å². The largest absolute Gasteiger partial charge is 0.497 e. The Balaban J connectivity index is 1.62. The molecular weight excluding hydrogens is 323 g/mol. The number of ether oxygens (including phenoxy) is 1. The average molecular weight is 342 g/mol. The average Bonchev–Trinajstić information content (AvgIpc) is 3.02. The minimum Gasteiger partial charge on any atom is -0.497 e. The van der Waals surface area contributed by atoms with E-state index in [2.05, 4.69) is 5.32 Å². The highest BCUT2D eigenvalue weighted by atomic mass is 19.1. The van der Waals surface area contributed by atoms with Gasteiger partial charge in [0.2, 0.25) is 11.8 Å². The number of methoxy groups -OCH3 is 1. The quantitative estimate of drug-likeness (QED) is 0.908. The highest BCUT2D eigenvalue weighted by molar-refractivity contribution is 6.00. The second kappa shape index (κ2) is 7.34. The van der Waals surface area contributed by atoms with Gasteiger partial charge in [0.05, 0.1) is 18.7 Å². The zero-order chi connectivity index (χ0) is 17.8. The number of nitrogens with one attached hydrogen (secondary N) is 1. The Morgan fingerprint density at radius 3 is 2.84 bits per heavy atom. The lowest BCUT2D eigenvalue weighted by Crippen LogP contribution is -2.32. The summed E-state index contributed by atoms with van der Waals surface area (Å²) in [5.74, 6) is -0.693. The Morgan fingerprint density at radius 2 is 2.08 bits per heavy atom. The highest BCUT2D eigenvalue weighted by Crippen LogP contribution is 2.27. The van der Waals surface area contributed by atoms with Gasteiger partial charge >= 0.3 is 0 Å². The van der Waals surface area contributed by atoms with Gasteiger partial charge in [-0.1, -0.05) is 24.3 Å². The maximum absolute atomic E-state index is 13.9. The maximum atomic E-state index is 13.9. The number of amides is 2. The van der Waals surface area contributed by atoms with Crippen LogP contribution >= 0.6 is 0 Å². The summed E-state index contributed by atoms with van der Waals surface area (Å²) in [6.07, 6.45) is 0.0816. The van der Waals surface area contributed by atoms with Gasteiger partial charge in [-0.2, -0.15) is 0 Å². The van der Waals surface area contributed by atoms with E-state index >= 15 is 0 Å². The first-order valence-corrected chi connectivity index (χ1v) is 8.04. The molecule has 1 aliphatic heterocycles. The first-order valence-electron chi connectivity index (χ1n) is 8.04. The van der Waals surface area contributed by atoms with Gasteiger partial charge in [0.15, 0.2) is 0 Å². The van der Waals surface area contributed by atoms with E-state index in [0.29, 0.717) is 12.3 Å². The van der Waals surface area contributed by atoms with Crippen molar-refractivity contribution in [3.8, 4) is 5.75 Å². The van der Waals surface area contributed by atoms with Crippen LogP contribution in [0.5, 0.6) is 5.75 Å². The van der Waals surface area contributed by atoms with E-state index in [4.69, 9.17) is 4.74 Å². The van der Waals surface area contributed by atoms with E-state index in [1.54, 1.807) is 25.3 Å². The van der Waals surface area contributed by atoms with E-state index in [1.165, 1.54) is 11.0 Å². The van der Waals surface area contributed by atoms with Gasteiger partial charge in [0, 0.05) is 19.5 Å². The minimum atomic E-state index is -0.488. The lowest BCUT2D eigenvalue weighted by molar-refractivity contribution is -0.126. The first-order chi connectivity index (χ1) is 12.1. The molecule has 1 heterocycles. The summed E-state index contributed by atoms with van der Waals surface area (Å²) in [5, 5.41) is 2.83. The molecule has 130 valence electrons. The van der Waals surface area contributed by atoms with E-state index in [-0.39, 0.29) is 30.5 Å². The van der Waals surface area contributed by atoms with Gasteiger partial charge < -0.3 is 15.0 Å². The number of hydrogen-bond acceptors (Lipinski definition) is 3. The second-order valence-electron chi connectivity index (χ2n) is 5.93. The predicted molar refractivity (Wildman–Crippen MR) is 91.7 cm³/mol. The van der Waals surface area contributed by atoms with Gasteiger partial charge in [-0.3, -0.25) is 9.59 Å². The number of carbonyl (C=O) groups is 2. The lowest BCUT2D eigenvalue weighted by Gasteiger charge is -2.17. The number of carbonyl (C=O) groups excluding carboxylic acids is 2. The Morgan fingerprint density at radius 1 is 1.28 bits per heavy atom. The monoisotopic (exact) mass is 342 g/mol. The Hall–Kier alpha value is -2.89. The van der Waals surface area contributed by atoms with Crippen LogP contribution < -0.4 is 15.0 Å². The highest BCUT2D eigenvalue weighted by Gasteiger charge is 2.35. The van der Waals surface area contributed by atoms with Crippen molar-refractivity contribution in [2.24, 2.45) is 5.92 Å². The number of benzene rings is 2. The van der Waals surface area contributed by atoms with E-state index < -0.39 is 11.7 Å². The molecule has 0 spiro atoms. The first kappa shape index (κ1) is 17.0. The van der Waals surface area contributed by atoms with Crippen molar-refractivity contribution in [1.29, 1.82) is 0 Å². The summed E-state index contributed by atoms with van der Waals surface area (Å²) in [4.78, 5) is 25.9. The molecule has 0 bridgehead atoms. The van der Waals surface area contributed by atoms with Crippen LogP contribution in [0.25, 0.3) is 0 Å². The normalized spacial score (nSPS) is 16.8. The molecule has 0 radical (unpaired) electrons. The van der Waals surface area contributed by atoms with Crippen molar-refractivity contribution >= 4 is 17.5 Å². The number of para-hydroxylation sites is 1. The molecule has 0 unspecified atom stereocenters. The Kier molecular flexibility index (Phi) is 4.97. The summed E-state index contributed by atoms with van der Waals surface area (Å²) >= 11 is 0. The molecule has 25 heavy (non-hydrogen) atoms. The lowest BCUT2D eigenvalue weighted by atomic mass is 10.1. The molecule has 0 aliphatic carbocycles. The van der Waals surface area contributed by atoms with Crippen molar-refractivity contribution in [2.75, 3.05) is 18.6 Å². The number of halogens is 1. The molecule has 1 N–H and O–H groups in total. The van der Waals surface area contributed by atoms with Gasteiger partial charge in [0.1, 0.15) is 11.6 Å². The third-order valence-corrected chi connectivity index (χ3v) is 4.24. The van der Waals surface area contributed by atoms with Crippen molar-refractivity contribution in [3.63, 3.8) is 0 Å². The van der Waals surface area contributed by atoms with Crippen LogP contribution in [0.2, 0.25) is 0 Å². The third kappa shape index (κ3) is 3.79. The summed E-state index contributed by atoms with van der Waals surface area (Å²) in [5.41, 5.74) is 1.12. The molecule has 2 aromatic rings. The fourth-order valence-corrected chi connectivity index (χ4v) is 2.90. The van der Waals surface area contributed by atoms with Crippen LogP contribution in [0.15, 0.2) is 48.5 Å². The van der Waals surface area contributed by atoms with Gasteiger partial charge in [-0.05, 0) is 29.8 Å². The summed E-state index contributed by atoms with van der Waals surface area (Å²) < 4.78 is 19.0. The molecule has 6 heteroatoms. The molecule has 1 aliphatic rings. The summed E-state index contributed by atoms with van der Waals surface area (Å²) in [6.45, 7) is 0.532. The molecule has 2 amide bonds. The van der Waals surface area contributed by atoms with Crippen LogP contribution in [-0.2, 0) is 16.1 Å². The third-order valence-electron chi connectivity index (χ3n) is 4.24. The maximum Gasteiger partial charge on any atom is 0.227 e. The molecule has 2 aromatic carbocycles. The minimum absolute atomic E-state index is 0.0816. The Bertz CT molecular complexity index is 794. The zero-order valence-electron chi connectivity index (χ0n) is 13.9. The second-order valence-corrected chi connectivity index (χ2v) is 5.93. The molecule has 1 fully saturated rings. The van der Waals surface area contributed by atoms with E-state index in [0.717, 1.165) is 5.56 Å². The SMILES string of the molecule is COc1cccc(CNC(=O)[C@H]2CC(=O)N(c3ccccc3F)C2)c1. The predicted octanol–water partition coefficient (Wildman–Crippen LogP) is 2.50. The van der Waals surface area contributed by atoms with Crippen molar-refractivity contribution in [3.05, 3.63) is 59.9 Å². The van der Waals surface area contributed by atoms with Gasteiger partial charge in [-0.15, -0.1) is 0 Å². The van der Waals surface area contributed by atoms with Crippen LogP contribution in [0.1, 0.15) is 12.0 Å². The standard InChI is InChI=1S/C19H19FN2O3/c1-25-15-6-4-5-13(9-15)11-21-19(24)14-10-18(23)22(12-14)17-8-3-2-7-16(17)20/h2-9,14H,10-12H2,1H3,(H,21,24)/t14-/m0/s1. The van der Waals surface area contributed by atoms with Crippen molar-refractivity contribution in [2.45, 2.75) is 13.0 Å².